The Morgan fingerprint density at radius 3 is 2.84 bits per heavy atom. The summed E-state index contributed by atoms with van der Waals surface area (Å²) in [4.78, 5) is 9.28. The van der Waals surface area contributed by atoms with Crippen molar-refractivity contribution in [3.05, 3.63) is 18.2 Å². The summed E-state index contributed by atoms with van der Waals surface area (Å²) in [5, 5.41) is 9.56. The Labute approximate surface area is 115 Å². The van der Waals surface area contributed by atoms with Crippen molar-refractivity contribution in [1.82, 2.24) is 19.4 Å². The van der Waals surface area contributed by atoms with Crippen molar-refractivity contribution in [2.24, 2.45) is 7.05 Å². The molecule has 2 atom stereocenters. The average Bonchev–Trinajstić information content (AvgIpc) is 2.76. The minimum Gasteiger partial charge on any atom is -0.392 e. The van der Waals surface area contributed by atoms with Gasteiger partial charge in [0.1, 0.15) is 5.82 Å². The van der Waals surface area contributed by atoms with Crippen LogP contribution >= 0.6 is 0 Å². The maximum atomic E-state index is 9.56. The van der Waals surface area contributed by atoms with Crippen molar-refractivity contribution < 1.29 is 5.11 Å². The summed E-state index contributed by atoms with van der Waals surface area (Å²) in [6.07, 6.45) is 4.74. The van der Waals surface area contributed by atoms with Gasteiger partial charge >= 0.3 is 0 Å². The van der Waals surface area contributed by atoms with Crippen LogP contribution in [0.3, 0.4) is 0 Å². The number of β-amino-alcohol motifs (C(OH)–C–C–N with tert-alkyl or cyclic N) is 1. The lowest BCUT2D eigenvalue weighted by atomic mass is 10.1. The standard InChI is InChI=1S/C14H26N4O/c1-4-13-10-17(7-8-18(13)9-12(2)19)11-14-15-5-6-16(14)3/h5-6,12-13,19H,4,7-11H2,1-3H3/t12-,13-/m0/s1. The van der Waals surface area contributed by atoms with Crippen LogP contribution < -0.4 is 0 Å². The highest BCUT2D eigenvalue weighted by molar-refractivity contribution is 4.93. The van der Waals surface area contributed by atoms with Gasteiger partial charge in [0, 0.05) is 51.7 Å². The Hall–Kier alpha value is -0.910. The van der Waals surface area contributed by atoms with Crippen LogP contribution in [0.25, 0.3) is 0 Å². The van der Waals surface area contributed by atoms with E-state index in [0.29, 0.717) is 6.04 Å². The van der Waals surface area contributed by atoms with Gasteiger partial charge in [-0.3, -0.25) is 9.80 Å². The molecule has 0 unspecified atom stereocenters. The number of imidazole rings is 1. The summed E-state index contributed by atoms with van der Waals surface area (Å²) < 4.78 is 2.09. The number of hydrogen-bond acceptors (Lipinski definition) is 4. The molecule has 0 radical (unpaired) electrons. The lowest BCUT2D eigenvalue weighted by molar-refractivity contribution is 0.0326. The van der Waals surface area contributed by atoms with Gasteiger partial charge in [0.15, 0.2) is 0 Å². The highest BCUT2D eigenvalue weighted by Crippen LogP contribution is 2.15. The van der Waals surface area contributed by atoms with Gasteiger partial charge in [-0.15, -0.1) is 0 Å². The highest BCUT2D eigenvalue weighted by Gasteiger charge is 2.26. The van der Waals surface area contributed by atoms with Crippen molar-refractivity contribution in [3.63, 3.8) is 0 Å². The Morgan fingerprint density at radius 1 is 1.47 bits per heavy atom. The van der Waals surface area contributed by atoms with Crippen LogP contribution in [-0.2, 0) is 13.6 Å². The second-order valence-corrected chi connectivity index (χ2v) is 5.60. The SMILES string of the molecule is CC[C@H]1CN(Cc2nccn2C)CCN1C[C@H](C)O. The van der Waals surface area contributed by atoms with E-state index in [2.05, 4.69) is 26.3 Å². The number of aromatic nitrogens is 2. The van der Waals surface area contributed by atoms with E-state index < -0.39 is 0 Å². The zero-order valence-electron chi connectivity index (χ0n) is 12.3. The zero-order chi connectivity index (χ0) is 13.8. The minimum atomic E-state index is -0.241. The Morgan fingerprint density at radius 2 is 2.26 bits per heavy atom. The number of aryl methyl sites for hydroxylation is 1. The summed E-state index contributed by atoms with van der Waals surface area (Å²) in [5.74, 6) is 1.12. The molecule has 0 aliphatic carbocycles. The predicted octanol–water partition coefficient (Wildman–Crippen LogP) is 0.697. The van der Waals surface area contributed by atoms with Crippen LogP contribution in [0.2, 0.25) is 0 Å². The molecular weight excluding hydrogens is 240 g/mol. The van der Waals surface area contributed by atoms with Gasteiger partial charge in [-0.2, -0.15) is 0 Å². The number of piperazine rings is 1. The summed E-state index contributed by atoms with van der Waals surface area (Å²) in [6.45, 7) is 8.95. The van der Waals surface area contributed by atoms with Gasteiger partial charge in [0.05, 0.1) is 12.6 Å². The molecule has 1 saturated heterocycles. The van der Waals surface area contributed by atoms with Crippen molar-refractivity contribution in [2.45, 2.75) is 39.0 Å². The summed E-state index contributed by atoms with van der Waals surface area (Å²) in [5.41, 5.74) is 0. The fraction of sp³-hybridized carbons (Fsp3) is 0.786. The molecule has 1 aromatic heterocycles. The van der Waals surface area contributed by atoms with Gasteiger partial charge in [-0.25, -0.2) is 4.98 Å². The first-order valence-electron chi connectivity index (χ1n) is 7.20. The molecule has 2 rings (SSSR count). The van der Waals surface area contributed by atoms with Crippen LogP contribution in [0.15, 0.2) is 12.4 Å². The smallest absolute Gasteiger partial charge is 0.122 e. The fourth-order valence-corrected chi connectivity index (χ4v) is 2.82. The topological polar surface area (TPSA) is 44.5 Å². The summed E-state index contributed by atoms with van der Waals surface area (Å²) in [7, 11) is 2.04. The van der Waals surface area contributed by atoms with Crippen LogP contribution in [0, 0.1) is 0 Å². The van der Waals surface area contributed by atoms with Crippen molar-refractivity contribution in [1.29, 1.82) is 0 Å². The third kappa shape index (κ3) is 3.78. The average molecular weight is 266 g/mol. The molecule has 0 saturated carbocycles. The van der Waals surface area contributed by atoms with E-state index in [9.17, 15) is 5.11 Å². The Kier molecular flexibility index (Phi) is 4.96. The molecule has 108 valence electrons. The number of nitrogens with zero attached hydrogens (tertiary/aromatic N) is 4. The van der Waals surface area contributed by atoms with E-state index in [1.165, 1.54) is 0 Å². The molecule has 5 nitrogen and oxygen atoms in total. The lowest BCUT2D eigenvalue weighted by Gasteiger charge is -2.41. The first-order valence-corrected chi connectivity index (χ1v) is 7.20. The largest absolute Gasteiger partial charge is 0.392 e. The normalized spacial score (nSPS) is 23.7. The summed E-state index contributed by atoms with van der Waals surface area (Å²) >= 11 is 0. The molecule has 5 heteroatoms. The summed E-state index contributed by atoms with van der Waals surface area (Å²) in [6, 6.07) is 0.545. The van der Waals surface area contributed by atoms with Gasteiger partial charge < -0.3 is 9.67 Å². The predicted molar refractivity (Wildman–Crippen MR) is 75.8 cm³/mol. The third-order valence-corrected chi connectivity index (χ3v) is 3.94. The fourth-order valence-electron chi connectivity index (χ4n) is 2.82. The molecule has 0 aromatic carbocycles. The molecule has 0 bridgehead atoms. The maximum absolute atomic E-state index is 9.56. The molecule has 1 N–H and O–H groups in total. The number of hydrogen-bond donors (Lipinski definition) is 1. The lowest BCUT2D eigenvalue weighted by Crippen LogP contribution is -2.54. The molecule has 1 aliphatic heterocycles. The number of rotatable bonds is 5. The molecular formula is C14H26N4O. The first-order chi connectivity index (χ1) is 9.10. The number of aliphatic hydroxyl groups excluding tert-OH is 1. The monoisotopic (exact) mass is 266 g/mol. The van der Waals surface area contributed by atoms with Gasteiger partial charge in [0.25, 0.3) is 0 Å². The van der Waals surface area contributed by atoms with E-state index >= 15 is 0 Å². The van der Waals surface area contributed by atoms with Crippen LogP contribution in [0.4, 0.5) is 0 Å². The van der Waals surface area contributed by atoms with Crippen LogP contribution in [-0.4, -0.2) is 62.8 Å². The van der Waals surface area contributed by atoms with Crippen LogP contribution in [0.5, 0.6) is 0 Å². The quantitative estimate of drug-likeness (QED) is 0.852. The Bertz CT molecular complexity index is 391. The van der Waals surface area contributed by atoms with Crippen LogP contribution in [0.1, 0.15) is 26.1 Å². The van der Waals surface area contributed by atoms with Gasteiger partial charge in [0.2, 0.25) is 0 Å². The number of aliphatic hydroxyl groups is 1. The minimum absolute atomic E-state index is 0.241. The van der Waals surface area contributed by atoms with E-state index in [-0.39, 0.29) is 6.10 Å². The van der Waals surface area contributed by atoms with E-state index in [1.54, 1.807) is 0 Å². The molecule has 1 fully saturated rings. The molecule has 0 amide bonds. The highest BCUT2D eigenvalue weighted by atomic mass is 16.3. The Balaban J connectivity index is 1.91. The van der Waals surface area contributed by atoms with Crippen molar-refractivity contribution in [2.75, 3.05) is 26.2 Å². The zero-order valence-corrected chi connectivity index (χ0v) is 12.3. The van der Waals surface area contributed by atoms with E-state index in [1.807, 2.05) is 26.4 Å². The van der Waals surface area contributed by atoms with Gasteiger partial charge in [-0.1, -0.05) is 6.92 Å². The second kappa shape index (κ2) is 6.50. The second-order valence-electron chi connectivity index (χ2n) is 5.60. The first kappa shape index (κ1) is 14.5. The maximum Gasteiger partial charge on any atom is 0.122 e. The van der Waals surface area contributed by atoms with Crippen molar-refractivity contribution >= 4 is 0 Å². The molecule has 19 heavy (non-hydrogen) atoms. The third-order valence-electron chi connectivity index (χ3n) is 3.94. The van der Waals surface area contributed by atoms with E-state index in [0.717, 1.165) is 45.0 Å². The van der Waals surface area contributed by atoms with Crippen molar-refractivity contribution in [3.8, 4) is 0 Å². The molecule has 1 aromatic rings. The molecule has 2 heterocycles. The van der Waals surface area contributed by atoms with Gasteiger partial charge in [-0.05, 0) is 13.3 Å². The molecule has 0 spiro atoms. The molecule has 1 aliphatic rings. The van der Waals surface area contributed by atoms with E-state index in [4.69, 9.17) is 0 Å².